The standard InChI is InChI=1S/C10H20N2O2/c1-8(14-3)6-12-9(13)10(2)4-5-11-7-10/h8,11H,4-7H2,1-3H3,(H,12,13). The largest absolute Gasteiger partial charge is 0.380 e. The fourth-order valence-electron chi connectivity index (χ4n) is 1.54. The van der Waals surface area contributed by atoms with Crippen LogP contribution in [0.1, 0.15) is 20.3 Å². The van der Waals surface area contributed by atoms with Crippen molar-refractivity contribution in [3.05, 3.63) is 0 Å². The molecule has 0 aromatic heterocycles. The van der Waals surface area contributed by atoms with Gasteiger partial charge < -0.3 is 15.4 Å². The monoisotopic (exact) mass is 200 g/mol. The summed E-state index contributed by atoms with van der Waals surface area (Å²) in [6.45, 7) is 6.24. The molecule has 82 valence electrons. The highest BCUT2D eigenvalue weighted by molar-refractivity contribution is 5.82. The normalized spacial score (nSPS) is 28.8. The Labute approximate surface area is 85.4 Å². The van der Waals surface area contributed by atoms with Gasteiger partial charge in [-0.2, -0.15) is 0 Å². The molecule has 1 heterocycles. The molecule has 4 nitrogen and oxygen atoms in total. The number of rotatable bonds is 4. The lowest BCUT2D eigenvalue weighted by atomic mass is 9.89. The maximum atomic E-state index is 11.8. The van der Waals surface area contributed by atoms with Gasteiger partial charge in [0.25, 0.3) is 0 Å². The molecular weight excluding hydrogens is 180 g/mol. The molecular formula is C10H20N2O2. The van der Waals surface area contributed by atoms with E-state index >= 15 is 0 Å². The van der Waals surface area contributed by atoms with Gasteiger partial charge in [-0.3, -0.25) is 4.79 Å². The second-order valence-corrected chi connectivity index (χ2v) is 4.24. The average molecular weight is 200 g/mol. The van der Waals surface area contributed by atoms with Gasteiger partial charge in [0.1, 0.15) is 0 Å². The molecule has 0 bridgehead atoms. The number of amides is 1. The van der Waals surface area contributed by atoms with Crippen molar-refractivity contribution in [2.24, 2.45) is 5.41 Å². The molecule has 2 N–H and O–H groups in total. The maximum absolute atomic E-state index is 11.8. The lowest BCUT2D eigenvalue weighted by Gasteiger charge is -2.22. The summed E-state index contributed by atoms with van der Waals surface area (Å²) < 4.78 is 5.07. The van der Waals surface area contributed by atoms with Gasteiger partial charge in [0, 0.05) is 20.2 Å². The second-order valence-electron chi connectivity index (χ2n) is 4.24. The maximum Gasteiger partial charge on any atom is 0.227 e. The molecule has 1 amide bonds. The summed E-state index contributed by atoms with van der Waals surface area (Å²) in [6, 6.07) is 0. The van der Waals surface area contributed by atoms with Crippen molar-refractivity contribution >= 4 is 5.91 Å². The number of methoxy groups -OCH3 is 1. The fraction of sp³-hybridized carbons (Fsp3) is 0.900. The van der Waals surface area contributed by atoms with Crippen LogP contribution in [-0.4, -0.2) is 38.8 Å². The summed E-state index contributed by atoms with van der Waals surface area (Å²) >= 11 is 0. The van der Waals surface area contributed by atoms with E-state index in [-0.39, 0.29) is 17.4 Å². The van der Waals surface area contributed by atoms with Gasteiger partial charge in [0.15, 0.2) is 0 Å². The van der Waals surface area contributed by atoms with E-state index in [1.54, 1.807) is 7.11 Å². The minimum absolute atomic E-state index is 0.0805. The van der Waals surface area contributed by atoms with Crippen LogP contribution in [0.3, 0.4) is 0 Å². The average Bonchev–Trinajstić information content (AvgIpc) is 2.62. The minimum atomic E-state index is -0.229. The van der Waals surface area contributed by atoms with E-state index in [1.807, 2.05) is 13.8 Å². The topological polar surface area (TPSA) is 50.4 Å². The summed E-state index contributed by atoms with van der Waals surface area (Å²) in [5.74, 6) is 0.131. The highest BCUT2D eigenvalue weighted by Gasteiger charge is 2.35. The van der Waals surface area contributed by atoms with E-state index < -0.39 is 0 Å². The third-order valence-electron chi connectivity index (χ3n) is 2.87. The van der Waals surface area contributed by atoms with Crippen molar-refractivity contribution < 1.29 is 9.53 Å². The number of carbonyl (C=O) groups is 1. The Bertz CT molecular complexity index is 200. The predicted octanol–water partition coefficient (Wildman–Crippen LogP) is 0.137. The van der Waals surface area contributed by atoms with E-state index in [2.05, 4.69) is 10.6 Å². The number of nitrogens with one attached hydrogen (secondary N) is 2. The molecule has 0 spiro atoms. The van der Waals surface area contributed by atoms with E-state index in [0.29, 0.717) is 6.54 Å². The Morgan fingerprint density at radius 2 is 2.43 bits per heavy atom. The first-order valence-electron chi connectivity index (χ1n) is 5.10. The third-order valence-corrected chi connectivity index (χ3v) is 2.87. The van der Waals surface area contributed by atoms with Gasteiger partial charge >= 0.3 is 0 Å². The Kier molecular flexibility index (Phi) is 3.89. The van der Waals surface area contributed by atoms with Gasteiger partial charge in [-0.25, -0.2) is 0 Å². The summed E-state index contributed by atoms with van der Waals surface area (Å²) in [6.07, 6.45) is 0.997. The highest BCUT2D eigenvalue weighted by Crippen LogP contribution is 2.24. The predicted molar refractivity (Wildman–Crippen MR) is 55.1 cm³/mol. The second kappa shape index (κ2) is 4.75. The summed E-state index contributed by atoms with van der Waals surface area (Å²) in [5.41, 5.74) is -0.229. The van der Waals surface area contributed by atoms with Crippen LogP contribution in [0.15, 0.2) is 0 Å². The van der Waals surface area contributed by atoms with Gasteiger partial charge in [-0.1, -0.05) is 0 Å². The molecule has 1 fully saturated rings. The van der Waals surface area contributed by atoms with Crippen LogP contribution in [0, 0.1) is 5.41 Å². The SMILES string of the molecule is COC(C)CNC(=O)C1(C)CCNC1. The Morgan fingerprint density at radius 3 is 2.93 bits per heavy atom. The number of hydrogen-bond donors (Lipinski definition) is 2. The molecule has 1 aliphatic rings. The molecule has 0 aromatic rings. The first-order valence-corrected chi connectivity index (χ1v) is 5.10. The summed E-state index contributed by atoms with van der Waals surface area (Å²) in [7, 11) is 1.65. The molecule has 1 saturated heterocycles. The van der Waals surface area contributed by atoms with Crippen LogP contribution in [0.5, 0.6) is 0 Å². The van der Waals surface area contributed by atoms with Crippen molar-refractivity contribution in [1.29, 1.82) is 0 Å². The van der Waals surface area contributed by atoms with E-state index in [1.165, 1.54) is 0 Å². The van der Waals surface area contributed by atoms with Gasteiger partial charge in [0.2, 0.25) is 5.91 Å². The quantitative estimate of drug-likeness (QED) is 0.678. The highest BCUT2D eigenvalue weighted by atomic mass is 16.5. The van der Waals surface area contributed by atoms with Crippen LogP contribution in [0.2, 0.25) is 0 Å². The molecule has 0 aromatic carbocycles. The molecule has 0 aliphatic carbocycles. The van der Waals surface area contributed by atoms with Gasteiger partial charge in [-0.15, -0.1) is 0 Å². The van der Waals surface area contributed by atoms with Crippen molar-refractivity contribution in [3.63, 3.8) is 0 Å². The van der Waals surface area contributed by atoms with E-state index in [0.717, 1.165) is 19.5 Å². The van der Waals surface area contributed by atoms with Crippen LogP contribution in [0.25, 0.3) is 0 Å². The molecule has 1 rings (SSSR count). The lowest BCUT2D eigenvalue weighted by Crippen LogP contribution is -2.43. The molecule has 2 atom stereocenters. The Balaban J connectivity index is 2.34. The van der Waals surface area contributed by atoms with Crippen molar-refractivity contribution in [2.45, 2.75) is 26.4 Å². The summed E-state index contributed by atoms with van der Waals surface area (Å²) in [5, 5.41) is 6.12. The van der Waals surface area contributed by atoms with Crippen LogP contribution < -0.4 is 10.6 Å². The van der Waals surface area contributed by atoms with Gasteiger partial charge in [-0.05, 0) is 26.8 Å². The summed E-state index contributed by atoms with van der Waals surface area (Å²) in [4.78, 5) is 11.8. The van der Waals surface area contributed by atoms with E-state index in [4.69, 9.17) is 4.74 Å². The number of carbonyl (C=O) groups excluding carboxylic acids is 1. The van der Waals surface area contributed by atoms with Crippen molar-refractivity contribution in [2.75, 3.05) is 26.7 Å². The molecule has 0 radical (unpaired) electrons. The fourth-order valence-corrected chi connectivity index (χ4v) is 1.54. The molecule has 1 aliphatic heterocycles. The van der Waals surface area contributed by atoms with Gasteiger partial charge in [0.05, 0.1) is 11.5 Å². The zero-order valence-electron chi connectivity index (χ0n) is 9.22. The van der Waals surface area contributed by atoms with Crippen LogP contribution in [-0.2, 0) is 9.53 Å². The first-order chi connectivity index (χ1) is 6.58. The van der Waals surface area contributed by atoms with Crippen molar-refractivity contribution in [1.82, 2.24) is 10.6 Å². The Morgan fingerprint density at radius 1 is 1.71 bits per heavy atom. The minimum Gasteiger partial charge on any atom is -0.380 e. The Hall–Kier alpha value is -0.610. The number of ether oxygens (including phenoxy) is 1. The number of hydrogen-bond acceptors (Lipinski definition) is 3. The van der Waals surface area contributed by atoms with Crippen molar-refractivity contribution in [3.8, 4) is 0 Å². The van der Waals surface area contributed by atoms with Crippen LogP contribution in [0.4, 0.5) is 0 Å². The molecule has 0 saturated carbocycles. The zero-order chi connectivity index (χ0) is 10.6. The van der Waals surface area contributed by atoms with E-state index in [9.17, 15) is 4.79 Å². The lowest BCUT2D eigenvalue weighted by molar-refractivity contribution is -0.129. The molecule has 14 heavy (non-hydrogen) atoms. The zero-order valence-corrected chi connectivity index (χ0v) is 9.22. The smallest absolute Gasteiger partial charge is 0.227 e. The molecule has 4 heteroatoms. The van der Waals surface area contributed by atoms with Crippen LogP contribution >= 0.6 is 0 Å². The molecule has 2 unspecified atom stereocenters. The first kappa shape index (κ1) is 11.5. The third kappa shape index (κ3) is 2.69.